The van der Waals surface area contributed by atoms with E-state index in [4.69, 9.17) is 4.52 Å². The van der Waals surface area contributed by atoms with Crippen LogP contribution in [0.5, 0.6) is 0 Å². The highest BCUT2D eigenvalue weighted by Crippen LogP contribution is 2.36. The van der Waals surface area contributed by atoms with Crippen molar-refractivity contribution in [2.24, 2.45) is 4.99 Å². The third-order valence-electron chi connectivity index (χ3n) is 3.85. The number of aliphatic imine (C=N–C) groups is 1. The molecule has 1 unspecified atom stereocenters. The van der Waals surface area contributed by atoms with Crippen LogP contribution in [0.1, 0.15) is 43.7 Å². The highest BCUT2D eigenvalue weighted by Gasteiger charge is 2.29. The number of nitrogens with one attached hydrogen (secondary N) is 2. The van der Waals surface area contributed by atoms with E-state index in [9.17, 15) is 0 Å². The minimum absolute atomic E-state index is 0.333. The summed E-state index contributed by atoms with van der Waals surface area (Å²) in [6.07, 6.45) is 2.59. The number of nitrogens with zero attached hydrogens (tertiary/aromatic N) is 2. The molecule has 2 N–H and O–H groups in total. The third-order valence-corrected chi connectivity index (χ3v) is 5.39. The molecule has 1 aromatic heterocycles. The zero-order valence-corrected chi connectivity index (χ0v) is 14.3. The van der Waals surface area contributed by atoms with Crippen molar-refractivity contribution in [3.05, 3.63) is 17.0 Å². The lowest BCUT2D eigenvalue weighted by molar-refractivity contribution is 0.392. The second kappa shape index (κ2) is 7.20. The predicted molar refractivity (Wildman–Crippen MR) is 88.9 cm³/mol. The first-order valence-electron chi connectivity index (χ1n) is 7.62. The van der Waals surface area contributed by atoms with Crippen molar-refractivity contribution in [2.45, 2.75) is 51.8 Å². The number of hydrogen-bond donors (Lipinski definition) is 2. The molecular weight excluding hydrogens is 284 g/mol. The Balaban J connectivity index is 1.96. The minimum Gasteiger partial charge on any atom is -0.361 e. The van der Waals surface area contributed by atoms with Gasteiger partial charge in [-0.25, -0.2) is 4.99 Å². The van der Waals surface area contributed by atoms with Crippen LogP contribution in [0.4, 0.5) is 0 Å². The maximum Gasteiger partial charge on any atom is 0.191 e. The van der Waals surface area contributed by atoms with Gasteiger partial charge in [-0.1, -0.05) is 5.16 Å². The SMILES string of the molecule is CCNC(=NCc1c(C)noc1C)NCC1(C)CCCS1. The molecule has 0 saturated carbocycles. The number of guanidine groups is 1. The maximum atomic E-state index is 5.18. The van der Waals surface area contributed by atoms with Gasteiger partial charge in [-0.05, 0) is 46.3 Å². The highest BCUT2D eigenvalue weighted by atomic mass is 32.2. The summed E-state index contributed by atoms with van der Waals surface area (Å²) in [6, 6.07) is 0. The summed E-state index contributed by atoms with van der Waals surface area (Å²) in [4.78, 5) is 4.65. The average molecular weight is 310 g/mol. The molecule has 1 fully saturated rings. The zero-order chi connectivity index (χ0) is 15.3. The molecule has 1 aliphatic heterocycles. The molecule has 1 atom stereocenters. The first kappa shape index (κ1) is 16.2. The van der Waals surface area contributed by atoms with Gasteiger partial charge < -0.3 is 15.2 Å². The van der Waals surface area contributed by atoms with Crippen LogP contribution in [-0.4, -0.2) is 34.7 Å². The molecule has 0 spiro atoms. The fraction of sp³-hybridized carbons (Fsp3) is 0.733. The van der Waals surface area contributed by atoms with Crippen molar-refractivity contribution in [3.63, 3.8) is 0 Å². The van der Waals surface area contributed by atoms with E-state index in [1.807, 2.05) is 13.8 Å². The Morgan fingerprint density at radius 1 is 1.43 bits per heavy atom. The van der Waals surface area contributed by atoms with Crippen molar-refractivity contribution >= 4 is 17.7 Å². The molecule has 5 nitrogen and oxygen atoms in total. The monoisotopic (exact) mass is 310 g/mol. The third kappa shape index (κ3) is 4.40. The lowest BCUT2D eigenvalue weighted by atomic mass is 10.1. The Hall–Kier alpha value is -1.17. The number of thioether (sulfide) groups is 1. The van der Waals surface area contributed by atoms with E-state index in [2.05, 4.69) is 46.4 Å². The van der Waals surface area contributed by atoms with Gasteiger partial charge in [0.1, 0.15) is 5.76 Å². The van der Waals surface area contributed by atoms with E-state index in [1.54, 1.807) is 0 Å². The fourth-order valence-corrected chi connectivity index (χ4v) is 3.72. The summed E-state index contributed by atoms with van der Waals surface area (Å²) in [6.45, 7) is 10.7. The number of aryl methyl sites for hydroxylation is 2. The Labute approximate surface area is 131 Å². The number of rotatable bonds is 5. The largest absolute Gasteiger partial charge is 0.361 e. The molecule has 1 aromatic rings. The Kier molecular flexibility index (Phi) is 5.56. The van der Waals surface area contributed by atoms with Gasteiger partial charge in [-0.15, -0.1) is 0 Å². The summed E-state index contributed by atoms with van der Waals surface area (Å²) in [5, 5.41) is 10.7. The van der Waals surface area contributed by atoms with Crippen molar-refractivity contribution in [2.75, 3.05) is 18.8 Å². The van der Waals surface area contributed by atoms with Gasteiger partial charge in [0.15, 0.2) is 5.96 Å². The van der Waals surface area contributed by atoms with Gasteiger partial charge in [0.25, 0.3) is 0 Å². The minimum atomic E-state index is 0.333. The summed E-state index contributed by atoms with van der Waals surface area (Å²) < 4.78 is 5.51. The molecule has 118 valence electrons. The second-order valence-electron chi connectivity index (χ2n) is 5.75. The van der Waals surface area contributed by atoms with Crippen molar-refractivity contribution in [1.82, 2.24) is 15.8 Å². The predicted octanol–water partition coefficient (Wildman–Crippen LogP) is 2.63. The molecular formula is C15H26N4OS. The van der Waals surface area contributed by atoms with Crippen LogP contribution in [0.15, 0.2) is 9.52 Å². The van der Waals surface area contributed by atoms with E-state index in [0.717, 1.165) is 36.1 Å². The van der Waals surface area contributed by atoms with Crippen molar-refractivity contribution in [3.8, 4) is 0 Å². The zero-order valence-electron chi connectivity index (χ0n) is 13.5. The van der Waals surface area contributed by atoms with Crippen molar-refractivity contribution in [1.29, 1.82) is 0 Å². The van der Waals surface area contributed by atoms with Gasteiger partial charge in [0.2, 0.25) is 0 Å². The van der Waals surface area contributed by atoms with Gasteiger partial charge in [0.05, 0.1) is 12.2 Å². The molecule has 0 radical (unpaired) electrons. The van der Waals surface area contributed by atoms with Crippen LogP contribution >= 0.6 is 11.8 Å². The van der Waals surface area contributed by atoms with E-state index >= 15 is 0 Å². The first-order chi connectivity index (χ1) is 10.0. The van der Waals surface area contributed by atoms with Gasteiger partial charge in [-0.3, -0.25) is 0 Å². The van der Waals surface area contributed by atoms with Crippen molar-refractivity contribution < 1.29 is 4.52 Å². The molecule has 0 amide bonds. The topological polar surface area (TPSA) is 62.5 Å². The summed E-state index contributed by atoms with van der Waals surface area (Å²) in [5.74, 6) is 2.99. The van der Waals surface area contributed by atoms with E-state index in [0.29, 0.717) is 11.3 Å². The van der Waals surface area contributed by atoms with Crippen LogP contribution in [-0.2, 0) is 6.54 Å². The van der Waals surface area contributed by atoms with Crippen LogP contribution in [0.25, 0.3) is 0 Å². The van der Waals surface area contributed by atoms with Gasteiger partial charge in [-0.2, -0.15) is 11.8 Å². The molecule has 6 heteroatoms. The van der Waals surface area contributed by atoms with Crippen LogP contribution in [0, 0.1) is 13.8 Å². The normalized spacial score (nSPS) is 22.6. The van der Waals surface area contributed by atoms with Crippen LogP contribution in [0.2, 0.25) is 0 Å². The molecule has 21 heavy (non-hydrogen) atoms. The maximum absolute atomic E-state index is 5.18. The van der Waals surface area contributed by atoms with E-state index < -0.39 is 0 Å². The average Bonchev–Trinajstić information content (AvgIpc) is 3.02. The lowest BCUT2D eigenvalue weighted by Crippen LogP contribution is -2.43. The Bertz CT molecular complexity index is 472. The van der Waals surface area contributed by atoms with Crippen LogP contribution < -0.4 is 10.6 Å². The summed E-state index contributed by atoms with van der Waals surface area (Å²) >= 11 is 2.06. The smallest absolute Gasteiger partial charge is 0.191 e. The Morgan fingerprint density at radius 3 is 2.81 bits per heavy atom. The number of hydrogen-bond acceptors (Lipinski definition) is 4. The first-order valence-corrected chi connectivity index (χ1v) is 8.60. The summed E-state index contributed by atoms with van der Waals surface area (Å²) in [5.41, 5.74) is 2.00. The quantitative estimate of drug-likeness (QED) is 0.646. The molecule has 2 rings (SSSR count). The molecule has 0 aromatic carbocycles. The molecule has 0 bridgehead atoms. The molecule has 2 heterocycles. The van der Waals surface area contributed by atoms with Gasteiger partial charge >= 0.3 is 0 Å². The molecule has 1 saturated heterocycles. The molecule has 0 aliphatic carbocycles. The van der Waals surface area contributed by atoms with Gasteiger partial charge in [0, 0.05) is 23.4 Å². The standard InChI is InChI=1S/C15H26N4OS/c1-5-16-14(18-10-15(4)7-6-8-21-15)17-9-13-11(2)19-20-12(13)3/h5-10H2,1-4H3,(H2,16,17,18). The lowest BCUT2D eigenvalue weighted by Gasteiger charge is -2.24. The molecule has 1 aliphatic rings. The fourth-order valence-electron chi connectivity index (χ4n) is 2.47. The number of aromatic nitrogens is 1. The second-order valence-corrected chi connectivity index (χ2v) is 7.44. The summed E-state index contributed by atoms with van der Waals surface area (Å²) in [7, 11) is 0. The van der Waals surface area contributed by atoms with E-state index in [1.165, 1.54) is 18.6 Å². The highest BCUT2D eigenvalue weighted by molar-refractivity contribution is 8.00. The van der Waals surface area contributed by atoms with Crippen LogP contribution in [0.3, 0.4) is 0 Å². The van der Waals surface area contributed by atoms with E-state index in [-0.39, 0.29) is 0 Å². The Morgan fingerprint density at radius 2 is 2.24 bits per heavy atom.